The molecule has 1 aromatic heterocycles. The molecule has 1 amide bonds. The summed E-state index contributed by atoms with van der Waals surface area (Å²) in [5.74, 6) is -1.42. The fraction of sp³-hybridized carbons (Fsp3) is 0.600. The minimum atomic E-state index is -1.17. The smallest absolute Gasteiger partial charge is 0.358 e. The van der Waals surface area contributed by atoms with Gasteiger partial charge in [-0.05, 0) is 20.4 Å². The Bertz CT molecular complexity index is 441. The van der Waals surface area contributed by atoms with Crippen LogP contribution in [0.15, 0.2) is 0 Å². The molecule has 0 radical (unpaired) electrons. The van der Waals surface area contributed by atoms with Gasteiger partial charge in [-0.15, -0.1) is 5.10 Å². The summed E-state index contributed by atoms with van der Waals surface area (Å²) >= 11 is 0. The van der Waals surface area contributed by atoms with E-state index in [0.29, 0.717) is 12.1 Å². The van der Waals surface area contributed by atoms with E-state index in [9.17, 15) is 9.59 Å². The van der Waals surface area contributed by atoms with Crippen molar-refractivity contribution < 1.29 is 14.7 Å². The number of carboxylic acid groups (broad SMARTS) is 1. The van der Waals surface area contributed by atoms with E-state index in [2.05, 4.69) is 15.6 Å². The molecule has 0 aliphatic rings. The Morgan fingerprint density at radius 2 is 2.17 bits per heavy atom. The Morgan fingerprint density at radius 1 is 1.50 bits per heavy atom. The second kappa shape index (κ2) is 6.10. The number of carbonyl (C=O) groups is 2. The Labute approximate surface area is 104 Å². The molecule has 1 heterocycles. The maximum Gasteiger partial charge on any atom is 0.358 e. The van der Waals surface area contributed by atoms with E-state index in [1.54, 1.807) is 0 Å². The molecule has 0 saturated heterocycles. The molecule has 0 saturated carbocycles. The molecule has 0 bridgehead atoms. The van der Waals surface area contributed by atoms with Crippen molar-refractivity contribution in [2.24, 2.45) is 5.73 Å². The molecule has 0 aromatic carbocycles. The maximum atomic E-state index is 11.6. The fourth-order valence-corrected chi connectivity index (χ4v) is 1.51. The molecule has 0 unspecified atom stereocenters. The summed E-state index contributed by atoms with van der Waals surface area (Å²) in [4.78, 5) is 22.5. The zero-order valence-electron chi connectivity index (χ0n) is 10.4. The van der Waals surface area contributed by atoms with Gasteiger partial charge in [-0.1, -0.05) is 5.21 Å². The first-order chi connectivity index (χ1) is 8.45. The number of aromatic nitrogens is 3. The number of amides is 1. The minimum Gasteiger partial charge on any atom is -0.476 e. The topological polar surface area (TPSA) is 123 Å². The average Bonchev–Trinajstić information content (AvgIpc) is 2.61. The predicted octanol–water partition coefficient (Wildman–Crippen LogP) is -0.998. The zero-order valence-corrected chi connectivity index (χ0v) is 10.4. The summed E-state index contributed by atoms with van der Waals surface area (Å²) in [5, 5.41) is 18.8. The van der Waals surface area contributed by atoms with Gasteiger partial charge in [0.25, 0.3) is 0 Å². The van der Waals surface area contributed by atoms with Crippen molar-refractivity contribution in [1.82, 2.24) is 20.3 Å². The minimum absolute atomic E-state index is 0.0120. The van der Waals surface area contributed by atoms with Gasteiger partial charge in [0, 0.05) is 12.5 Å². The Kier molecular flexibility index (Phi) is 4.78. The van der Waals surface area contributed by atoms with Gasteiger partial charge in [-0.25, -0.2) is 9.48 Å². The van der Waals surface area contributed by atoms with E-state index in [1.807, 2.05) is 13.8 Å². The molecule has 0 fully saturated rings. The van der Waals surface area contributed by atoms with Crippen LogP contribution in [0.1, 0.15) is 30.0 Å². The molecule has 8 nitrogen and oxygen atoms in total. The molecular formula is C10H17N5O3. The lowest BCUT2D eigenvalue weighted by molar-refractivity contribution is -0.122. The van der Waals surface area contributed by atoms with Gasteiger partial charge in [0.1, 0.15) is 6.54 Å². The Hall–Kier alpha value is -1.96. The second-order valence-electron chi connectivity index (χ2n) is 4.11. The van der Waals surface area contributed by atoms with Crippen molar-refractivity contribution in [2.45, 2.75) is 32.9 Å². The molecule has 8 heteroatoms. The van der Waals surface area contributed by atoms with Crippen molar-refractivity contribution >= 4 is 11.9 Å². The number of hydrogen-bond acceptors (Lipinski definition) is 5. The standard InChI is InChI=1S/C10H17N5O3/c1-6(2)12-8(16)5-15-7(3-4-11)9(10(17)18)13-14-15/h6H,3-5,11H2,1-2H3,(H,12,16)(H,17,18). The molecule has 0 atom stereocenters. The summed E-state index contributed by atoms with van der Waals surface area (Å²) in [6.45, 7) is 3.87. The van der Waals surface area contributed by atoms with Crippen LogP contribution in [0, 0.1) is 0 Å². The third-order valence-corrected chi connectivity index (χ3v) is 2.16. The van der Waals surface area contributed by atoms with Crippen LogP contribution in [0.5, 0.6) is 0 Å². The molecule has 1 rings (SSSR count). The molecule has 0 aliphatic heterocycles. The monoisotopic (exact) mass is 255 g/mol. The van der Waals surface area contributed by atoms with Crippen LogP contribution in [-0.2, 0) is 17.8 Å². The molecule has 4 N–H and O–H groups in total. The van der Waals surface area contributed by atoms with Crippen LogP contribution in [-0.4, -0.2) is 44.6 Å². The molecule has 0 spiro atoms. The molecule has 1 aromatic rings. The number of carboxylic acids is 1. The lowest BCUT2D eigenvalue weighted by Crippen LogP contribution is -2.34. The zero-order chi connectivity index (χ0) is 13.7. The molecule has 18 heavy (non-hydrogen) atoms. The first-order valence-corrected chi connectivity index (χ1v) is 5.60. The van der Waals surface area contributed by atoms with E-state index in [-0.39, 0.29) is 30.7 Å². The fourth-order valence-electron chi connectivity index (χ4n) is 1.51. The second-order valence-corrected chi connectivity index (χ2v) is 4.11. The number of nitrogens with zero attached hydrogens (tertiary/aromatic N) is 3. The van der Waals surface area contributed by atoms with E-state index in [0.717, 1.165) is 0 Å². The Balaban J connectivity index is 2.88. The highest BCUT2D eigenvalue weighted by Crippen LogP contribution is 2.06. The van der Waals surface area contributed by atoms with Crippen LogP contribution in [0.4, 0.5) is 0 Å². The number of nitrogens with two attached hydrogens (primary N) is 1. The van der Waals surface area contributed by atoms with Crippen LogP contribution < -0.4 is 11.1 Å². The van der Waals surface area contributed by atoms with Crippen LogP contribution >= 0.6 is 0 Å². The van der Waals surface area contributed by atoms with Crippen LogP contribution in [0.3, 0.4) is 0 Å². The summed E-state index contributed by atoms with van der Waals surface area (Å²) in [7, 11) is 0. The maximum absolute atomic E-state index is 11.6. The summed E-state index contributed by atoms with van der Waals surface area (Å²) < 4.78 is 1.27. The SMILES string of the molecule is CC(C)NC(=O)Cn1nnc(C(=O)O)c1CCN. The first-order valence-electron chi connectivity index (χ1n) is 5.60. The lowest BCUT2D eigenvalue weighted by atomic mass is 10.2. The largest absolute Gasteiger partial charge is 0.476 e. The molecule has 100 valence electrons. The number of hydrogen-bond donors (Lipinski definition) is 3. The summed E-state index contributed by atoms with van der Waals surface area (Å²) in [6.07, 6.45) is 0.309. The summed E-state index contributed by atoms with van der Waals surface area (Å²) in [5.41, 5.74) is 5.62. The van der Waals surface area contributed by atoms with E-state index in [1.165, 1.54) is 4.68 Å². The van der Waals surface area contributed by atoms with Gasteiger partial charge < -0.3 is 16.2 Å². The Morgan fingerprint density at radius 3 is 2.67 bits per heavy atom. The van der Waals surface area contributed by atoms with Crippen molar-refractivity contribution in [3.8, 4) is 0 Å². The lowest BCUT2D eigenvalue weighted by Gasteiger charge is -2.09. The predicted molar refractivity (Wildman–Crippen MR) is 63.0 cm³/mol. The van der Waals surface area contributed by atoms with E-state index >= 15 is 0 Å². The number of rotatable bonds is 6. The van der Waals surface area contributed by atoms with Gasteiger partial charge in [-0.3, -0.25) is 4.79 Å². The molecular weight excluding hydrogens is 238 g/mol. The van der Waals surface area contributed by atoms with Gasteiger partial charge >= 0.3 is 5.97 Å². The van der Waals surface area contributed by atoms with Crippen molar-refractivity contribution in [2.75, 3.05) is 6.54 Å². The highest BCUT2D eigenvalue weighted by atomic mass is 16.4. The van der Waals surface area contributed by atoms with Crippen LogP contribution in [0.2, 0.25) is 0 Å². The van der Waals surface area contributed by atoms with E-state index < -0.39 is 5.97 Å². The highest BCUT2D eigenvalue weighted by Gasteiger charge is 2.19. The number of aromatic carboxylic acids is 1. The van der Waals surface area contributed by atoms with Gasteiger partial charge in [0.15, 0.2) is 5.69 Å². The molecule has 0 aliphatic carbocycles. The third-order valence-electron chi connectivity index (χ3n) is 2.16. The highest BCUT2D eigenvalue weighted by molar-refractivity contribution is 5.86. The summed E-state index contributed by atoms with van der Waals surface area (Å²) in [6, 6.07) is 0.0120. The van der Waals surface area contributed by atoms with Gasteiger partial charge in [0.05, 0.1) is 5.69 Å². The van der Waals surface area contributed by atoms with Crippen molar-refractivity contribution in [3.05, 3.63) is 11.4 Å². The first kappa shape index (κ1) is 14.1. The van der Waals surface area contributed by atoms with Crippen molar-refractivity contribution in [3.63, 3.8) is 0 Å². The van der Waals surface area contributed by atoms with Crippen LogP contribution in [0.25, 0.3) is 0 Å². The average molecular weight is 255 g/mol. The van der Waals surface area contributed by atoms with Crippen molar-refractivity contribution in [1.29, 1.82) is 0 Å². The van der Waals surface area contributed by atoms with E-state index in [4.69, 9.17) is 10.8 Å². The van der Waals surface area contributed by atoms with Gasteiger partial charge in [-0.2, -0.15) is 0 Å². The number of nitrogens with one attached hydrogen (secondary N) is 1. The third kappa shape index (κ3) is 3.52. The normalized spacial score (nSPS) is 10.7. The van der Waals surface area contributed by atoms with Gasteiger partial charge in [0.2, 0.25) is 5.91 Å². The number of carbonyl (C=O) groups excluding carboxylic acids is 1. The quantitative estimate of drug-likeness (QED) is 0.599.